The first-order valence-corrected chi connectivity index (χ1v) is 7.29. The van der Waals surface area contributed by atoms with Gasteiger partial charge < -0.3 is 15.0 Å². The number of methoxy groups -OCH3 is 1. The Kier molecular flexibility index (Phi) is 6.60. The summed E-state index contributed by atoms with van der Waals surface area (Å²) in [6.07, 6.45) is 1.13. The van der Waals surface area contributed by atoms with Crippen LogP contribution in [0.5, 0.6) is 0 Å². The van der Waals surface area contributed by atoms with Crippen molar-refractivity contribution < 1.29 is 4.74 Å². The minimum atomic E-state index is 0.522. The molecule has 0 aliphatic heterocycles. The third kappa shape index (κ3) is 3.93. The van der Waals surface area contributed by atoms with Crippen molar-refractivity contribution in [3.63, 3.8) is 0 Å². The summed E-state index contributed by atoms with van der Waals surface area (Å²) < 4.78 is 5.11. The second-order valence-electron chi connectivity index (χ2n) is 4.56. The summed E-state index contributed by atoms with van der Waals surface area (Å²) in [5, 5.41) is 4.32. The molecule has 0 spiro atoms. The molecule has 0 aromatic carbocycles. The molecule has 1 rings (SSSR count). The van der Waals surface area contributed by atoms with Crippen LogP contribution in [-0.2, 0) is 11.3 Å². The molecule has 1 heterocycles. The SMILES string of the molecule is CCC(C)c1nc(N(C)CCOC)sc1CNC. The highest BCUT2D eigenvalue weighted by molar-refractivity contribution is 7.15. The number of hydrogen-bond acceptors (Lipinski definition) is 5. The number of nitrogens with one attached hydrogen (secondary N) is 1. The largest absolute Gasteiger partial charge is 0.383 e. The van der Waals surface area contributed by atoms with Gasteiger partial charge in [-0.2, -0.15) is 0 Å². The fraction of sp³-hybridized carbons (Fsp3) is 0.769. The summed E-state index contributed by atoms with van der Waals surface area (Å²) in [6.45, 7) is 6.96. The Morgan fingerprint density at radius 2 is 2.22 bits per heavy atom. The van der Waals surface area contributed by atoms with Crippen LogP contribution in [0.4, 0.5) is 5.13 Å². The lowest BCUT2D eigenvalue weighted by atomic mass is 10.0. The van der Waals surface area contributed by atoms with E-state index < -0.39 is 0 Å². The van der Waals surface area contributed by atoms with Crippen molar-refractivity contribution in [3.05, 3.63) is 10.6 Å². The number of thiazole rings is 1. The molecule has 1 aromatic heterocycles. The van der Waals surface area contributed by atoms with Crippen LogP contribution in [0.25, 0.3) is 0 Å². The molecule has 0 bridgehead atoms. The molecule has 5 heteroatoms. The summed E-state index contributed by atoms with van der Waals surface area (Å²) in [4.78, 5) is 8.32. The minimum Gasteiger partial charge on any atom is -0.383 e. The quantitative estimate of drug-likeness (QED) is 0.788. The Hall–Kier alpha value is -0.650. The van der Waals surface area contributed by atoms with Crippen LogP contribution in [0.3, 0.4) is 0 Å². The highest BCUT2D eigenvalue weighted by Crippen LogP contribution is 2.31. The highest BCUT2D eigenvalue weighted by atomic mass is 32.1. The maximum Gasteiger partial charge on any atom is 0.185 e. The molecule has 0 fully saturated rings. The van der Waals surface area contributed by atoms with E-state index in [-0.39, 0.29) is 0 Å². The van der Waals surface area contributed by atoms with Gasteiger partial charge in [-0.15, -0.1) is 11.3 Å². The van der Waals surface area contributed by atoms with Crippen LogP contribution in [0.15, 0.2) is 0 Å². The Morgan fingerprint density at radius 3 is 2.78 bits per heavy atom. The summed E-state index contributed by atoms with van der Waals surface area (Å²) in [6, 6.07) is 0. The molecule has 0 amide bonds. The fourth-order valence-electron chi connectivity index (χ4n) is 1.70. The molecule has 0 saturated carbocycles. The summed E-state index contributed by atoms with van der Waals surface area (Å²) in [5.41, 5.74) is 1.25. The zero-order valence-corrected chi connectivity index (χ0v) is 12.9. The Labute approximate surface area is 114 Å². The summed E-state index contributed by atoms with van der Waals surface area (Å²) in [5.74, 6) is 0.522. The number of likely N-dealkylation sites (N-methyl/N-ethyl adjacent to an activating group) is 1. The van der Waals surface area contributed by atoms with Gasteiger partial charge in [-0.1, -0.05) is 13.8 Å². The normalized spacial score (nSPS) is 12.7. The maximum atomic E-state index is 5.11. The van der Waals surface area contributed by atoms with Crippen LogP contribution in [0.1, 0.15) is 36.8 Å². The molecule has 0 aliphatic rings. The van der Waals surface area contributed by atoms with Crippen molar-refractivity contribution in [2.75, 3.05) is 39.3 Å². The van der Waals surface area contributed by atoms with Gasteiger partial charge in [0.05, 0.1) is 12.3 Å². The van der Waals surface area contributed by atoms with Crippen LogP contribution < -0.4 is 10.2 Å². The zero-order chi connectivity index (χ0) is 13.5. The Morgan fingerprint density at radius 1 is 1.50 bits per heavy atom. The van der Waals surface area contributed by atoms with Crippen LogP contribution in [0.2, 0.25) is 0 Å². The van der Waals surface area contributed by atoms with Gasteiger partial charge in [0.2, 0.25) is 0 Å². The van der Waals surface area contributed by atoms with Crippen molar-refractivity contribution >= 4 is 16.5 Å². The number of anilines is 1. The predicted molar refractivity (Wildman–Crippen MR) is 78.7 cm³/mol. The zero-order valence-electron chi connectivity index (χ0n) is 12.1. The van der Waals surface area contributed by atoms with Crippen LogP contribution in [0, 0.1) is 0 Å². The number of ether oxygens (including phenoxy) is 1. The van der Waals surface area contributed by atoms with Gasteiger partial charge in [-0.3, -0.25) is 0 Å². The van der Waals surface area contributed by atoms with Crippen LogP contribution in [-0.4, -0.2) is 39.3 Å². The van der Waals surface area contributed by atoms with Gasteiger partial charge in [0.25, 0.3) is 0 Å². The van der Waals surface area contributed by atoms with E-state index in [9.17, 15) is 0 Å². The van der Waals surface area contributed by atoms with Gasteiger partial charge >= 0.3 is 0 Å². The molecule has 0 saturated heterocycles. The van der Waals surface area contributed by atoms with Crippen molar-refractivity contribution in [3.8, 4) is 0 Å². The van der Waals surface area contributed by atoms with Gasteiger partial charge in [0.15, 0.2) is 5.13 Å². The van der Waals surface area contributed by atoms with Gasteiger partial charge in [0, 0.05) is 32.1 Å². The van der Waals surface area contributed by atoms with E-state index >= 15 is 0 Å². The van der Waals surface area contributed by atoms with E-state index in [1.165, 1.54) is 10.6 Å². The van der Waals surface area contributed by atoms with E-state index in [2.05, 4.69) is 31.1 Å². The number of nitrogens with zero attached hydrogens (tertiary/aromatic N) is 2. The van der Waals surface area contributed by atoms with E-state index in [0.29, 0.717) is 5.92 Å². The van der Waals surface area contributed by atoms with Gasteiger partial charge in [-0.05, 0) is 19.4 Å². The first kappa shape index (κ1) is 15.4. The Bertz CT molecular complexity index is 354. The molecule has 104 valence electrons. The van der Waals surface area contributed by atoms with Crippen molar-refractivity contribution in [1.29, 1.82) is 0 Å². The molecule has 0 aliphatic carbocycles. The van der Waals surface area contributed by atoms with E-state index in [0.717, 1.165) is 31.2 Å². The number of hydrogen-bond donors (Lipinski definition) is 1. The molecular formula is C13H25N3OS. The first-order chi connectivity index (χ1) is 8.63. The highest BCUT2D eigenvalue weighted by Gasteiger charge is 2.17. The molecule has 18 heavy (non-hydrogen) atoms. The molecule has 1 N–H and O–H groups in total. The van der Waals surface area contributed by atoms with Crippen molar-refractivity contribution in [2.24, 2.45) is 0 Å². The molecule has 4 nitrogen and oxygen atoms in total. The Balaban J connectivity index is 2.86. The second kappa shape index (κ2) is 7.71. The lowest BCUT2D eigenvalue weighted by Gasteiger charge is -2.14. The van der Waals surface area contributed by atoms with Gasteiger partial charge in [-0.25, -0.2) is 4.98 Å². The number of rotatable bonds is 8. The molecule has 1 unspecified atom stereocenters. The maximum absolute atomic E-state index is 5.11. The van der Waals surface area contributed by atoms with E-state index in [4.69, 9.17) is 9.72 Å². The van der Waals surface area contributed by atoms with Gasteiger partial charge in [0.1, 0.15) is 0 Å². The molecular weight excluding hydrogens is 246 g/mol. The molecule has 1 aromatic rings. The monoisotopic (exact) mass is 271 g/mol. The average molecular weight is 271 g/mol. The smallest absolute Gasteiger partial charge is 0.185 e. The number of aromatic nitrogens is 1. The standard InChI is InChI=1S/C13H25N3OS/c1-6-10(2)12-11(9-14-3)18-13(15-12)16(4)7-8-17-5/h10,14H,6-9H2,1-5H3. The molecule has 1 atom stereocenters. The van der Waals surface area contributed by atoms with E-state index in [1.54, 1.807) is 18.4 Å². The summed E-state index contributed by atoms with van der Waals surface area (Å²) in [7, 11) is 5.78. The third-order valence-corrected chi connectivity index (χ3v) is 4.28. The van der Waals surface area contributed by atoms with Crippen molar-refractivity contribution in [1.82, 2.24) is 10.3 Å². The van der Waals surface area contributed by atoms with Crippen molar-refractivity contribution in [2.45, 2.75) is 32.7 Å². The first-order valence-electron chi connectivity index (χ1n) is 6.48. The van der Waals surface area contributed by atoms with Crippen LogP contribution >= 0.6 is 11.3 Å². The average Bonchev–Trinajstić information content (AvgIpc) is 2.79. The third-order valence-electron chi connectivity index (χ3n) is 3.09. The summed E-state index contributed by atoms with van der Waals surface area (Å²) >= 11 is 1.78. The minimum absolute atomic E-state index is 0.522. The van der Waals surface area contributed by atoms with E-state index in [1.807, 2.05) is 7.05 Å². The predicted octanol–water partition coefficient (Wildman–Crippen LogP) is 2.46. The topological polar surface area (TPSA) is 37.4 Å². The second-order valence-corrected chi connectivity index (χ2v) is 5.62. The lowest BCUT2D eigenvalue weighted by Crippen LogP contribution is -2.21. The molecule has 0 radical (unpaired) electrons. The lowest BCUT2D eigenvalue weighted by molar-refractivity contribution is 0.206. The fourth-order valence-corrected chi connectivity index (χ4v) is 2.88.